The van der Waals surface area contributed by atoms with Gasteiger partial charge in [-0.3, -0.25) is 0 Å². The summed E-state index contributed by atoms with van der Waals surface area (Å²) in [4.78, 5) is 11.6. The molecule has 0 saturated carbocycles. The first kappa shape index (κ1) is 13.1. The van der Waals surface area contributed by atoms with Crippen LogP contribution in [-0.4, -0.2) is 38.5 Å². The van der Waals surface area contributed by atoms with Crippen molar-refractivity contribution in [2.45, 2.75) is 6.10 Å². The van der Waals surface area contributed by atoms with Crippen molar-refractivity contribution in [1.29, 1.82) is 0 Å². The molecule has 2 rings (SSSR count). The lowest BCUT2D eigenvalue weighted by atomic mass is 10.3. The lowest BCUT2D eigenvalue weighted by molar-refractivity contribution is -0.0852. The maximum Gasteiger partial charge on any atom is 0.319 e. The number of ether oxygens (including phenoxy) is 2. The van der Waals surface area contributed by atoms with Gasteiger partial charge in [0.05, 0.1) is 25.9 Å². The Labute approximate surface area is 110 Å². The number of nitrogens with one attached hydrogen (secondary N) is 2. The number of urea groups is 1. The van der Waals surface area contributed by atoms with Crippen LogP contribution in [0, 0.1) is 0 Å². The SMILES string of the molecule is O=C(NC[C@H]1COCCO1)Nc1ccc(Cl)cc1. The molecule has 5 nitrogen and oxygen atoms in total. The molecular weight excluding hydrogens is 256 g/mol. The van der Waals surface area contributed by atoms with Crippen molar-refractivity contribution >= 4 is 23.3 Å². The van der Waals surface area contributed by atoms with E-state index in [1.54, 1.807) is 24.3 Å². The highest BCUT2D eigenvalue weighted by molar-refractivity contribution is 6.30. The number of benzene rings is 1. The predicted molar refractivity (Wildman–Crippen MR) is 69.0 cm³/mol. The van der Waals surface area contributed by atoms with E-state index in [1.165, 1.54) is 0 Å². The van der Waals surface area contributed by atoms with E-state index >= 15 is 0 Å². The number of hydrogen-bond donors (Lipinski definition) is 2. The second kappa shape index (κ2) is 6.58. The van der Waals surface area contributed by atoms with Gasteiger partial charge >= 0.3 is 6.03 Å². The van der Waals surface area contributed by atoms with Crippen molar-refractivity contribution in [2.24, 2.45) is 0 Å². The average Bonchev–Trinajstić information content (AvgIpc) is 2.40. The Kier molecular flexibility index (Phi) is 4.81. The van der Waals surface area contributed by atoms with Crippen LogP contribution in [-0.2, 0) is 9.47 Å². The molecule has 1 aromatic rings. The molecule has 1 heterocycles. The molecule has 0 spiro atoms. The molecule has 0 unspecified atom stereocenters. The van der Waals surface area contributed by atoms with Crippen LogP contribution in [0.5, 0.6) is 0 Å². The molecule has 18 heavy (non-hydrogen) atoms. The van der Waals surface area contributed by atoms with Crippen LogP contribution in [0.15, 0.2) is 24.3 Å². The standard InChI is InChI=1S/C12H15ClN2O3/c13-9-1-3-10(4-2-9)15-12(16)14-7-11-8-17-5-6-18-11/h1-4,11H,5-8H2,(H2,14,15,16)/t11-/m0/s1. The summed E-state index contributed by atoms with van der Waals surface area (Å²) < 4.78 is 10.6. The van der Waals surface area contributed by atoms with Crippen LogP contribution in [0.1, 0.15) is 0 Å². The fourth-order valence-electron chi connectivity index (χ4n) is 1.57. The van der Waals surface area contributed by atoms with Crippen LogP contribution >= 0.6 is 11.6 Å². The van der Waals surface area contributed by atoms with E-state index in [1.807, 2.05) is 0 Å². The Balaban J connectivity index is 1.73. The number of carbonyl (C=O) groups excluding carboxylic acids is 1. The molecule has 98 valence electrons. The van der Waals surface area contributed by atoms with Gasteiger partial charge in [-0.05, 0) is 24.3 Å². The minimum atomic E-state index is -0.272. The topological polar surface area (TPSA) is 59.6 Å². The normalized spacial score (nSPS) is 19.3. The molecule has 2 N–H and O–H groups in total. The first-order valence-corrected chi connectivity index (χ1v) is 6.11. The second-order valence-corrected chi connectivity index (χ2v) is 4.35. The number of amides is 2. The van der Waals surface area contributed by atoms with Crippen molar-refractivity contribution in [2.75, 3.05) is 31.7 Å². The van der Waals surface area contributed by atoms with E-state index in [-0.39, 0.29) is 12.1 Å². The maximum atomic E-state index is 11.6. The fourth-order valence-corrected chi connectivity index (χ4v) is 1.70. The second-order valence-electron chi connectivity index (χ2n) is 3.91. The Morgan fingerprint density at radius 1 is 1.33 bits per heavy atom. The van der Waals surface area contributed by atoms with Crippen LogP contribution in [0.3, 0.4) is 0 Å². The van der Waals surface area contributed by atoms with Gasteiger partial charge in [0.15, 0.2) is 0 Å². The van der Waals surface area contributed by atoms with E-state index in [0.29, 0.717) is 37.1 Å². The molecule has 6 heteroatoms. The van der Waals surface area contributed by atoms with Gasteiger partial charge < -0.3 is 20.1 Å². The number of carbonyl (C=O) groups is 1. The third-order valence-corrected chi connectivity index (χ3v) is 2.73. The minimum absolute atomic E-state index is 0.0743. The Morgan fingerprint density at radius 2 is 2.11 bits per heavy atom. The number of rotatable bonds is 3. The van der Waals surface area contributed by atoms with Crippen LogP contribution in [0.4, 0.5) is 10.5 Å². The zero-order valence-electron chi connectivity index (χ0n) is 9.82. The van der Waals surface area contributed by atoms with Crippen LogP contribution < -0.4 is 10.6 Å². The molecule has 1 atom stereocenters. The van der Waals surface area contributed by atoms with E-state index in [9.17, 15) is 4.79 Å². The van der Waals surface area contributed by atoms with E-state index in [4.69, 9.17) is 21.1 Å². The highest BCUT2D eigenvalue weighted by Crippen LogP contribution is 2.13. The zero-order valence-corrected chi connectivity index (χ0v) is 10.6. The Morgan fingerprint density at radius 3 is 2.78 bits per heavy atom. The third kappa shape index (κ3) is 4.18. The molecule has 1 fully saturated rings. The van der Waals surface area contributed by atoms with Crippen LogP contribution in [0.25, 0.3) is 0 Å². The predicted octanol–water partition coefficient (Wildman–Crippen LogP) is 1.88. The summed E-state index contributed by atoms with van der Waals surface area (Å²) in [6, 6.07) is 6.64. The smallest absolute Gasteiger partial charge is 0.319 e. The van der Waals surface area contributed by atoms with Gasteiger partial charge in [0, 0.05) is 17.3 Å². The summed E-state index contributed by atoms with van der Waals surface area (Å²) in [5.74, 6) is 0. The van der Waals surface area contributed by atoms with Gasteiger partial charge in [-0.1, -0.05) is 11.6 Å². The van der Waals surface area contributed by atoms with Crippen molar-refractivity contribution < 1.29 is 14.3 Å². The average molecular weight is 271 g/mol. The first-order valence-electron chi connectivity index (χ1n) is 5.74. The van der Waals surface area contributed by atoms with Gasteiger partial charge in [-0.2, -0.15) is 0 Å². The van der Waals surface area contributed by atoms with Crippen molar-refractivity contribution in [1.82, 2.24) is 5.32 Å². The molecule has 2 amide bonds. The Bertz CT molecular complexity index is 391. The van der Waals surface area contributed by atoms with E-state index in [2.05, 4.69) is 10.6 Å². The zero-order chi connectivity index (χ0) is 12.8. The molecule has 1 aromatic carbocycles. The molecule has 0 bridgehead atoms. The van der Waals surface area contributed by atoms with Crippen molar-refractivity contribution in [3.63, 3.8) is 0 Å². The summed E-state index contributed by atoms with van der Waals surface area (Å²) in [7, 11) is 0. The molecule has 1 saturated heterocycles. The third-order valence-electron chi connectivity index (χ3n) is 2.48. The van der Waals surface area contributed by atoms with Crippen molar-refractivity contribution in [3.8, 4) is 0 Å². The number of anilines is 1. The lowest BCUT2D eigenvalue weighted by Crippen LogP contribution is -2.41. The van der Waals surface area contributed by atoms with Gasteiger partial charge in [-0.15, -0.1) is 0 Å². The van der Waals surface area contributed by atoms with Crippen molar-refractivity contribution in [3.05, 3.63) is 29.3 Å². The van der Waals surface area contributed by atoms with Gasteiger partial charge in [0.1, 0.15) is 0 Å². The largest absolute Gasteiger partial charge is 0.376 e. The quantitative estimate of drug-likeness (QED) is 0.882. The summed E-state index contributed by atoms with van der Waals surface area (Å²) >= 11 is 5.75. The maximum absolute atomic E-state index is 11.6. The molecule has 1 aliphatic heterocycles. The van der Waals surface area contributed by atoms with E-state index < -0.39 is 0 Å². The summed E-state index contributed by atoms with van der Waals surface area (Å²) in [6.07, 6.45) is -0.0743. The number of hydrogen-bond acceptors (Lipinski definition) is 3. The summed E-state index contributed by atoms with van der Waals surface area (Å²) in [6.45, 7) is 2.14. The molecule has 0 aromatic heterocycles. The monoisotopic (exact) mass is 270 g/mol. The summed E-state index contributed by atoms with van der Waals surface area (Å²) in [5, 5.41) is 6.06. The molecule has 0 aliphatic carbocycles. The highest BCUT2D eigenvalue weighted by Gasteiger charge is 2.14. The van der Waals surface area contributed by atoms with Gasteiger partial charge in [-0.25, -0.2) is 4.79 Å². The fraction of sp³-hybridized carbons (Fsp3) is 0.417. The van der Waals surface area contributed by atoms with Crippen LogP contribution in [0.2, 0.25) is 5.02 Å². The van der Waals surface area contributed by atoms with E-state index in [0.717, 1.165) is 0 Å². The minimum Gasteiger partial charge on any atom is -0.376 e. The number of halogens is 1. The summed E-state index contributed by atoms with van der Waals surface area (Å²) in [5.41, 5.74) is 0.692. The molecular formula is C12H15ClN2O3. The molecule has 0 radical (unpaired) electrons. The highest BCUT2D eigenvalue weighted by atomic mass is 35.5. The van der Waals surface area contributed by atoms with Gasteiger partial charge in [0.25, 0.3) is 0 Å². The molecule has 1 aliphatic rings. The first-order chi connectivity index (χ1) is 8.74. The lowest BCUT2D eigenvalue weighted by Gasteiger charge is -2.23. The Hall–Kier alpha value is -1.30. The van der Waals surface area contributed by atoms with Gasteiger partial charge in [0.2, 0.25) is 0 Å².